The maximum atomic E-state index is 13.1. The average molecular weight is 266 g/mol. The van der Waals surface area contributed by atoms with E-state index in [4.69, 9.17) is 10.5 Å². The number of hydrogen-bond donors (Lipinski definition) is 2. The van der Waals surface area contributed by atoms with E-state index >= 15 is 0 Å². The van der Waals surface area contributed by atoms with Crippen LogP contribution < -0.4 is 15.8 Å². The second kappa shape index (κ2) is 5.57. The Balaban J connectivity index is 1.92. The molecule has 1 heterocycles. The maximum absolute atomic E-state index is 13.1. The van der Waals surface area contributed by atoms with Crippen LogP contribution in [0, 0.1) is 11.7 Å². The van der Waals surface area contributed by atoms with E-state index in [1.165, 1.54) is 12.1 Å². The van der Waals surface area contributed by atoms with Gasteiger partial charge in [-0.1, -0.05) is 13.8 Å². The summed E-state index contributed by atoms with van der Waals surface area (Å²) in [5.74, 6) is 0.219. The number of primary amides is 1. The highest BCUT2D eigenvalue weighted by molar-refractivity contribution is 5.80. The Morgan fingerprint density at radius 2 is 2.32 bits per heavy atom. The lowest BCUT2D eigenvalue weighted by Crippen LogP contribution is -2.48. The van der Waals surface area contributed by atoms with Crippen LogP contribution in [-0.2, 0) is 11.2 Å². The molecule has 0 radical (unpaired) electrons. The maximum Gasteiger partial charge on any atom is 0.234 e. The van der Waals surface area contributed by atoms with Crippen LogP contribution in [0.2, 0.25) is 0 Å². The molecule has 4 nitrogen and oxygen atoms in total. The monoisotopic (exact) mass is 266 g/mol. The van der Waals surface area contributed by atoms with E-state index in [0.29, 0.717) is 18.7 Å². The van der Waals surface area contributed by atoms with E-state index in [0.717, 1.165) is 5.56 Å². The zero-order valence-electron chi connectivity index (χ0n) is 11.2. The predicted octanol–water partition coefficient (Wildman–Crippen LogP) is 1.23. The molecule has 0 fully saturated rings. The van der Waals surface area contributed by atoms with Crippen molar-refractivity contribution >= 4 is 5.91 Å². The number of benzene rings is 1. The molecule has 19 heavy (non-hydrogen) atoms. The summed E-state index contributed by atoms with van der Waals surface area (Å²) in [6.07, 6.45) is 0.557. The summed E-state index contributed by atoms with van der Waals surface area (Å²) in [6.45, 7) is 4.38. The van der Waals surface area contributed by atoms with E-state index in [2.05, 4.69) is 5.32 Å². The number of fused-ring (bicyclic) bond motifs is 1. The van der Waals surface area contributed by atoms with Gasteiger partial charge in [-0.2, -0.15) is 0 Å². The van der Waals surface area contributed by atoms with Gasteiger partial charge in [0.2, 0.25) is 5.91 Å². The van der Waals surface area contributed by atoms with Gasteiger partial charge < -0.3 is 15.8 Å². The van der Waals surface area contributed by atoms with Crippen molar-refractivity contribution in [1.82, 2.24) is 5.32 Å². The molecular weight excluding hydrogens is 247 g/mol. The molecule has 0 bridgehead atoms. The number of halogens is 1. The van der Waals surface area contributed by atoms with Gasteiger partial charge in [-0.3, -0.25) is 4.79 Å². The van der Waals surface area contributed by atoms with Crippen molar-refractivity contribution in [3.8, 4) is 5.75 Å². The van der Waals surface area contributed by atoms with Crippen molar-refractivity contribution in [2.75, 3.05) is 6.54 Å². The first-order chi connectivity index (χ1) is 8.97. The molecule has 0 aliphatic carbocycles. The van der Waals surface area contributed by atoms with Crippen LogP contribution in [0.15, 0.2) is 18.2 Å². The van der Waals surface area contributed by atoms with Crippen molar-refractivity contribution in [2.24, 2.45) is 11.7 Å². The number of amides is 1. The third-order valence-electron chi connectivity index (χ3n) is 3.30. The van der Waals surface area contributed by atoms with Gasteiger partial charge in [0.1, 0.15) is 17.7 Å². The first-order valence-electron chi connectivity index (χ1n) is 6.45. The highest BCUT2D eigenvalue weighted by atomic mass is 19.1. The quantitative estimate of drug-likeness (QED) is 0.842. The topological polar surface area (TPSA) is 64.3 Å². The zero-order chi connectivity index (χ0) is 14.0. The smallest absolute Gasteiger partial charge is 0.234 e. The van der Waals surface area contributed by atoms with Gasteiger partial charge in [0.15, 0.2) is 0 Å². The summed E-state index contributed by atoms with van der Waals surface area (Å²) in [4.78, 5) is 11.3. The molecular formula is C14H19FN2O2. The minimum Gasteiger partial charge on any atom is -0.488 e. The summed E-state index contributed by atoms with van der Waals surface area (Å²) in [5, 5.41) is 3.12. The van der Waals surface area contributed by atoms with Gasteiger partial charge in [0.25, 0.3) is 0 Å². The van der Waals surface area contributed by atoms with E-state index in [1.54, 1.807) is 6.07 Å². The number of nitrogens with two attached hydrogens (primary N) is 1. The molecule has 1 amide bonds. The molecule has 1 aromatic carbocycles. The van der Waals surface area contributed by atoms with E-state index in [-0.39, 0.29) is 29.8 Å². The van der Waals surface area contributed by atoms with Crippen LogP contribution in [0.5, 0.6) is 5.75 Å². The molecule has 0 spiro atoms. The largest absolute Gasteiger partial charge is 0.488 e. The van der Waals surface area contributed by atoms with Crippen LogP contribution in [0.25, 0.3) is 0 Å². The summed E-state index contributed by atoms with van der Waals surface area (Å²) in [5.41, 5.74) is 6.20. The lowest BCUT2D eigenvalue weighted by Gasteiger charge is -2.21. The molecule has 0 saturated carbocycles. The SMILES string of the molecule is CC(C)C(NCC1Cc2cc(F)ccc2O1)C(N)=O. The fourth-order valence-corrected chi connectivity index (χ4v) is 2.33. The van der Waals surface area contributed by atoms with Crippen LogP contribution in [0.1, 0.15) is 19.4 Å². The Kier molecular flexibility index (Phi) is 4.04. The Morgan fingerprint density at radius 1 is 1.58 bits per heavy atom. The Hall–Kier alpha value is -1.62. The number of ether oxygens (including phenoxy) is 1. The van der Waals surface area contributed by atoms with Gasteiger partial charge >= 0.3 is 0 Å². The van der Waals surface area contributed by atoms with Gasteiger partial charge in [-0.25, -0.2) is 4.39 Å². The highest BCUT2D eigenvalue weighted by Gasteiger charge is 2.26. The molecule has 0 aromatic heterocycles. The average Bonchev–Trinajstić information content (AvgIpc) is 2.70. The standard InChI is InChI=1S/C14H19FN2O2/c1-8(2)13(14(16)18)17-7-11-6-9-5-10(15)3-4-12(9)19-11/h3-5,8,11,13,17H,6-7H2,1-2H3,(H2,16,18). The summed E-state index contributed by atoms with van der Waals surface area (Å²) >= 11 is 0. The normalized spacial score (nSPS) is 19.1. The van der Waals surface area contributed by atoms with Crippen molar-refractivity contribution < 1.29 is 13.9 Å². The Labute approximate surface area is 112 Å². The molecule has 2 rings (SSSR count). The van der Waals surface area contributed by atoms with Crippen LogP contribution >= 0.6 is 0 Å². The molecule has 2 atom stereocenters. The van der Waals surface area contributed by atoms with Gasteiger partial charge in [-0.15, -0.1) is 0 Å². The Bertz CT molecular complexity index is 477. The third kappa shape index (κ3) is 3.23. The van der Waals surface area contributed by atoms with Crippen LogP contribution in [0.4, 0.5) is 4.39 Å². The summed E-state index contributed by atoms with van der Waals surface area (Å²) < 4.78 is 18.8. The van der Waals surface area contributed by atoms with Crippen LogP contribution in [-0.4, -0.2) is 24.6 Å². The predicted molar refractivity (Wildman–Crippen MR) is 70.3 cm³/mol. The molecule has 1 aliphatic heterocycles. The third-order valence-corrected chi connectivity index (χ3v) is 3.30. The molecule has 5 heteroatoms. The van der Waals surface area contributed by atoms with E-state index in [1.807, 2.05) is 13.8 Å². The molecule has 1 aliphatic rings. The van der Waals surface area contributed by atoms with Crippen LogP contribution in [0.3, 0.4) is 0 Å². The van der Waals surface area contributed by atoms with Gasteiger partial charge in [0, 0.05) is 18.5 Å². The highest BCUT2D eigenvalue weighted by Crippen LogP contribution is 2.29. The summed E-state index contributed by atoms with van der Waals surface area (Å²) in [7, 11) is 0. The van der Waals surface area contributed by atoms with Crippen molar-refractivity contribution in [1.29, 1.82) is 0 Å². The fraction of sp³-hybridized carbons (Fsp3) is 0.500. The lowest BCUT2D eigenvalue weighted by molar-refractivity contribution is -0.121. The minimum absolute atomic E-state index is 0.0857. The van der Waals surface area contributed by atoms with E-state index in [9.17, 15) is 9.18 Å². The molecule has 3 N–H and O–H groups in total. The first-order valence-corrected chi connectivity index (χ1v) is 6.45. The lowest BCUT2D eigenvalue weighted by atomic mass is 10.0. The molecule has 0 saturated heterocycles. The van der Waals surface area contributed by atoms with Crippen molar-refractivity contribution in [3.05, 3.63) is 29.6 Å². The second-order valence-electron chi connectivity index (χ2n) is 5.23. The number of hydrogen-bond acceptors (Lipinski definition) is 3. The molecule has 1 aromatic rings. The van der Waals surface area contributed by atoms with Crippen molar-refractivity contribution in [2.45, 2.75) is 32.4 Å². The number of carbonyl (C=O) groups is 1. The summed E-state index contributed by atoms with van der Waals surface area (Å²) in [6, 6.07) is 4.14. The second-order valence-corrected chi connectivity index (χ2v) is 5.23. The molecule has 104 valence electrons. The number of rotatable bonds is 5. The number of carbonyl (C=O) groups excluding carboxylic acids is 1. The Morgan fingerprint density at radius 3 is 2.95 bits per heavy atom. The minimum atomic E-state index is -0.371. The zero-order valence-corrected chi connectivity index (χ0v) is 11.2. The van der Waals surface area contributed by atoms with E-state index < -0.39 is 0 Å². The fourth-order valence-electron chi connectivity index (χ4n) is 2.33. The molecule has 2 unspecified atom stereocenters. The van der Waals surface area contributed by atoms with Gasteiger partial charge in [0.05, 0.1) is 6.04 Å². The first kappa shape index (κ1) is 13.8. The number of nitrogens with one attached hydrogen (secondary N) is 1. The van der Waals surface area contributed by atoms with Gasteiger partial charge in [-0.05, 0) is 24.1 Å². The van der Waals surface area contributed by atoms with Crippen molar-refractivity contribution in [3.63, 3.8) is 0 Å².